The number of ether oxygens (including phenoxy) is 1. The molecule has 3 N–H and O–H groups in total. The van der Waals surface area contributed by atoms with Crippen molar-refractivity contribution in [1.82, 2.24) is 0 Å². The number of aliphatic hydroxyl groups excluding tert-OH is 1. The lowest BCUT2D eigenvalue weighted by Gasteiger charge is -2.25. The normalized spacial score (nSPS) is 14.2. The highest BCUT2D eigenvalue weighted by atomic mass is 16.5. The van der Waals surface area contributed by atoms with E-state index in [2.05, 4.69) is 46.8 Å². The van der Waals surface area contributed by atoms with Crippen LogP contribution in [0.25, 0.3) is 0 Å². The fourth-order valence-electron chi connectivity index (χ4n) is 2.90. The number of aryl methyl sites for hydroxylation is 2. The third-order valence-electron chi connectivity index (χ3n) is 4.15. The molecule has 0 aliphatic heterocycles. The van der Waals surface area contributed by atoms with E-state index in [0.29, 0.717) is 18.4 Å². The van der Waals surface area contributed by atoms with Crippen LogP contribution in [0, 0.1) is 25.7 Å². The minimum atomic E-state index is 0.153. The molecule has 0 radical (unpaired) electrons. The molecule has 0 saturated carbocycles. The van der Waals surface area contributed by atoms with Crippen LogP contribution in [0.3, 0.4) is 0 Å². The molecular weight excluding hydrogens is 274 g/mol. The minimum Gasteiger partial charge on any atom is -0.493 e. The van der Waals surface area contributed by atoms with Crippen molar-refractivity contribution < 1.29 is 9.84 Å². The summed E-state index contributed by atoms with van der Waals surface area (Å²) < 4.78 is 6.12. The van der Waals surface area contributed by atoms with E-state index in [4.69, 9.17) is 10.5 Å². The third kappa shape index (κ3) is 5.29. The van der Waals surface area contributed by atoms with Gasteiger partial charge in [0.05, 0.1) is 6.61 Å². The monoisotopic (exact) mass is 307 g/mol. The van der Waals surface area contributed by atoms with E-state index in [1.54, 1.807) is 0 Å². The van der Waals surface area contributed by atoms with Gasteiger partial charge >= 0.3 is 0 Å². The van der Waals surface area contributed by atoms with Crippen molar-refractivity contribution in [1.29, 1.82) is 0 Å². The van der Waals surface area contributed by atoms with Crippen LogP contribution in [0.2, 0.25) is 0 Å². The molecule has 126 valence electrons. The molecule has 0 aromatic heterocycles. The molecule has 1 aromatic rings. The second kappa shape index (κ2) is 9.16. The van der Waals surface area contributed by atoms with Crippen LogP contribution in [-0.4, -0.2) is 24.9 Å². The molecule has 2 atom stereocenters. The van der Waals surface area contributed by atoms with Crippen molar-refractivity contribution in [2.24, 2.45) is 17.6 Å². The predicted molar refractivity (Wildman–Crippen MR) is 93.5 cm³/mol. The summed E-state index contributed by atoms with van der Waals surface area (Å²) in [5.41, 5.74) is 9.50. The Labute approximate surface area is 135 Å². The van der Waals surface area contributed by atoms with Crippen LogP contribution in [0.5, 0.6) is 5.75 Å². The molecule has 0 aliphatic rings. The quantitative estimate of drug-likeness (QED) is 0.730. The summed E-state index contributed by atoms with van der Waals surface area (Å²) in [6.45, 7) is 12.2. The van der Waals surface area contributed by atoms with Gasteiger partial charge in [0.15, 0.2) is 0 Å². The van der Waals surface area contributed by atoms with Gasteiger partial charge in [0.1, 0.15) is 5.75 Å². The highest BCUT2D eigenvalue weighted by Crippen LogP contribution is 2.37. The van der Waals surface area contributed by atoms with Crippen molar-refractivity contribution in [2.75, 3.05) is 19.8 Å². The minimum absolute atomic E-state index is 0.153. The Morgan fingerprint density at radius 1 is 1.23 bits per heavy atom. The maximum atomic E-state index is 9.46. The Bertz CT molecular complexity index is 453. The Morgan fingerprint density at radius 3 is 2.41 bits per heavy atom. The first-order valence-electron chi connectivity index (χ1n) is 8.47. The maximum absolute atomic E-state index is 9.46. The average Bonchev–Trinajstić information content (AvgIpc) is 2.47. The number of hydrogen-bond acceptors (Lipinski definition) is 3. The number of rotatable bonds is 9. The Balaban J connectivity index is 3.11. The number of aliphatic hydroxyl groups is 1. The van der Waals surface area contributed by atoms with Crippen LogP contribution in [0.1, 0.15) is 56.2 Å². The average molecular weight is 307 g/mol. The van der Waals surface area contributed by atoms with Crippen molar-refractivity contribution >= 4 is 0 Å². The van der Waals surface area contributed by atoms with Gasteiger partial charge in [0.25, 0.3) is 0 Å². The molecule has 2 unspecified atom stereocenters. The summed E-state index contributed by atoms with van der Waals surface area (Å²) >= 11 is 0. The van der Waals surface area contributed by atoms with Gasteiger partial charge in [-0.3, -0.25) is 0 Å². The summed E-state index contributed by atoms with van der Waals surface area (Å²) in [5.74, 6) is 2.06. The molecule has 0 spiro atoms. The van der Waals surface area contributed by atoms with Crippen LogP contribution in [-0.2, 0) is 0 Å². The molecule has 1 aromatic carbocycles. The van der Waals surface area contributed by atoms with Crippen molar-refractivity contribution in [3.8, 4) is 5.75 Å². The first-order valence-corrected chi connectivity index (χ1v) is 8.47. The van der Waals surface area contributed by atoms with E-state index in [-0.39, 0.29) is 12.5 Å². The van der Waals surface area contributed by atoms with Crippen molar-refractivity contribution in [3.63, 3.8) is 0 Å². The van der Waals surface area contributed by atoms with Crippen LogP contribution < -0.4 is 10.5 Å². The number of nitrogens with two attached hydrogens (primary N) is 1. The second-order valence-electron chi connectivity index (χ2n) is 6.83. The van der Waals surface area contributed by atoms with Gasteiger partial charge < -0.3 is 15.6 Å². The molecule has 0 aliphatic carbocycles. The Kier molecular flexibility index (Phi) is 7.91. The molecular formula is C19H33NO2. The van der Waals surface area contributed by atoms with Crippen molar-refractivity contribution in [3.05, 3.63) is 28.8 Å². The molecule has 1 rings (SSSR count). The van der Waals surface area contributed by atoms with E-state index in [1.165, 1.54) is 16.7 Å². The fourth-order valence-corrected chi connectivity index (χ4v) is 2.90. The molecule has 0 bridgehead atoms. The lowest BCUT2D eigenvalue weighted by Crippen LogP contribution is -2.21. The summed E-state index contributed by atoms with van der Waals surface area (Å²) in [7, 11) is 0. The first kappa shape index (κ1) is 19.0. The lowest BCUT2D eigenvalue weighted by molar-refractivity contribution is 0.212. The second-order valence-corrected chi connectivity index (χ2v) is 6.83. The van der Waals surface area contributed by atoms with E-state index >= 15 is 0 Å². The van der Waals surface area contributed by atoms with Gasteiger partial charge in [0, 0.05) is 6.61 Å². The molecule has 0 heterocycles. The van der Waals surface area contributed by atoms with E-state index in [9.17, 15) is 5.11 Å². The van der Waals surface area contributed by atoms with Gasteiger partial charge in [-0.2, -0.15) is 0 Å². The first-order chi connectivity index (χ1) is 10.4. The molecule has 0 fully saturated rings. The van der Waals surface area contributed by atoms with Gasteiger partial charge in [-0.25, -0.2) is 0 Å². The summed E-state index contributed by atoms with van der Waals surface area (Å²) in [6.07, 6.45) is 1.93. The van der Waals surface area contributed by atoms with Gasteiger partial charge in [-0.15, -0.1) is 0 Å². The van der Waals surface area contributed by atoms with Crippen LogP contribution in [0.4, 0.5) is 0 Å². The lowest BCUT2D eigenvalue weighted by atomic mass is 9.85. The van der Waals surface area contributed by atoms with Crippen LogP contribution >= 0.6 is 0 Å². The smallest absolute Gasteiger partial charge is 0.125 e. The van der Waals surface area contributed by atoms with Gasteiger partial charge in [0.2, 0.25) is 0 Å². The van der Waals surface area contributed by atoms with Crippen LogP contribution in [0.15, 0.2) is 12.1 Å². The summed E-state index contributed by atoms with van der Waals surface area (Å²) in [6, 6.07) is 4.42. The van der Waals surface area contributed by atoms with E-state index in [0.717, 1.165) is 25.2 Å². The fraction of sp³-hybridized carbons (Fsp3) is 0.684. The SMILES string of the molecule is CCC(CC(CN)CO)c1cc(C)cc(C)c1OCC(C)C. The largest absolute Gasteiger partial charge is 0.493 e. The standard InChI is InChI=1S/C19H33NO2/c1-6-17(9-16(10-20)11-21)18-8-14(4)7-15(5)19(18)22-12-13(2)3/h7-8,13,16-17,21H,6,9-12,20H2,1-5H3. The molecule has 3 nitrogen and oxygen atoms in total. The molecule has 0 saturated heterocycles. The highest BCUT2D eigenvalue weighted by molar-refractivity contribution is 5.45. The zero-order valence-electron chi connectivity index (χ0n) is 14.9. The third-order valence-corrected chi connectivity index (χ3v) is 4.15. The highest BCUT2D eigenvalue weighted by Gasteiger charge is 2.21. The van der Waals surface area contributed by atoms with Gasteiger partial charge in [-0.05, 0) is 62.1 Å². The van der Waals surface area contributed by atoms with Crippen molar-refractivity contribution in [2.45, 2.75) is 53.4 Å². The summed E-state index contributed by atoms with van der Waals surface area (Å²) in [4.78, 5) is 0. The summed E-state index contributed by atoms with van der Waals surface area (Å²) in [5, 5.41) is 9.46. The van der Waals surface area contributed by atoms with E-state index < -0.39 is 0 Å². The zero-order valence-corrected chi connectivity index (χ0v) is 14.9. The molecule has 0 amide bonds. The number of benzene rings is 1. The zero-order chi connectivity index (χ0) is 16.7. The Hall–Kier alpha value is -1.06. The number of hydrogen-bond donors (Lipinski definition) is 2. The Morgan fingerprint density at radius 2 is 1.91 bits per heavy atom. The topological polar surface area (TPSA) is 55.5 Å². The molecule has 3 heteroatoms. The van der Waals surface area contributed by atoms with Gasteiger partial charge in [-0.1, -0.05) is 38.5 Å². The predicted octanol–water partition coefficient (Wildman–Crippen LogP) is 3.79. The molecule has 22 heavy (non-hydrogen) atoms. The van der Waals surface area contributed by atoms with E-state index in [1.807, 2.05) is 0 Å². The maximum Gasteiger partial charge on any atom is 0.125 e.